The minimum atomic E-state index is -4.05. The van der Waals surface area contributed by atoms with Gasteiger partial charge in [-0.1, -0.05) is 70.2 Å². The molecule has 0 saturated carbocycles. The Bertz CT molecular complexity index is 2710. The summed E-state index contributed by atoms with van der Waals surface area (Å²) in [6.07, 6.45) is 3.91. The molecule has 5 rings (SSSR count). The Labute approximate surface area is 400 Å². The molecule has 0 atom stereocenters. The number of benzene rings is 3. The zero-order chi connectivity index (χ0) is 51.4. The first-order valence-corrected chi connectivity index (χ1v) is 26.3. The van der Waals surface area contributed by atoms with Gasteiger partial charge in [0, 0.05) is 19.6 Å². The van der Waals surface area contributed by atoms with Gasteiger partial charge in [0.15, 0.2) is 0 Å². The molecule has 0 bridgehead atoms. The fourth-order valence-corrected chi connectivity index (χ4v) is 6.59. The van der Waals surface area contributed by atoms with Crippen molar-refractivity contribution < 1.29 is 51.5 Å². The van der Waals surface area contributed by atoms with Gasteiger partial charge in [0.1, 0.15) is 11.6 Å². The average molecular weight is 1030 g/mol. The molecule has 5 aromatic rings. The van der Waals surface area contributed by atoms with Crippen molar-refractivity contribution in [3.8, 4) is 0 Å². The lowest BCUT2D eigenvalue weighted by atomic mass is 10.1. The highest BCUT2D eigenvalue weighted by Crippen LogP contribution is 2.15. The molecular weight excluding hydrogens is 974 g/mol. The van der Waals surface area contributed by atoms with Crippen LogP contribution in [-0.2, 0) is 60.2 Å². The Morgan fingerprint density at radius 2 is 1.01 bits per heavy atom. The molecule has 0 aliphatic carbocycles. The molecule has 0 radical (unpaired) electrons. The second-order valence-corrected chi connectivity index (χ2v) is 18.7. The largest absolute Gasteiger partial charge is 0.425 e. The number of nitrogens with one attached hydrogen (secondary N) is 3. The fourth-order valence-electron chi connectivity index (χ4n) is 4.98. The first kappa shape index (κ1) is 61.7. The summed E-state index contributed by atoms with van der Waals surface area (Å²) in [5, 5.41) is 8.82. The number of nitrogens with zero attached hydrogens (tertiary/aromatic N) is 6. The van der Waals surface area contributed by atoms with Crippen molar-refractivity contribution in [2.75, 3.05) is 41.3 Å². The summed E-state index contributed by atoms with van der Waals surface area (Å²) in [5.74, 6) is 2.19. The number of rotatable bonds is 14. The van der Waals surface area contributed by atoms with E-state index in [2.05, 4.69) is 90.9 Å². The summed E-state index contributed by atoms with van der Waals surface area (Å²) >= 11 is 5.55. The Morgan fingerprint density at radius 1 is 0.552 bits per heavy atom. The lowest BCUT2D eigenvalue weighted by Crippen LogP contribution is -2.16. The minimum absolute atomic E-state index is 0.00137. The van der Waals surface area contributed by atoms with Crippen LogP contribution in [0.1, 0.15) is 80.5 Å². The molecule has 26 heteroatoms. The van der Waals surface area contributed by atoms with E-state index >= 15 is 0 Å². The van der Waals surface area contributed by atoms with Crippen molar-refractivity contribution in [1.29, 1.82) is 0 Å². The van der Waals surface area contributed by atoms with E-state index in [1.54, 1.807) is 25.1 Å². The van der Waals surface area contributed by atoms with Gasteiger partial charge >= 0.3 is 10.6 Å². The molecule has 21 nitrogen and oxygen atoms in total. The van der Waals surface area contributed by atoms with Gasteiger partial charge in [-0.3, -0.25) is 13.7 Å². The predicted molar refractivity (Wildman–Crippen MR) is 258 cm³/mol. The Kier molecular flexibility index (Phi) is 29.2. The summed E-state index contributed by atoms with van der Waals surface area (Å²) in [5.41, 5.74) is 5.88. The van der Waals surface area contributed by atoms with Crippen LogP contribution < -0.4 is 16.0 Å². The highest BCUT2D eigenvalue weighted by atomic mass is 35.5. The number of anilines is 3. The van der Waals surface area contributed by atoms with Crippen LogP contribution in [0.4, 0.5) is 17.8 Å². The van der Waals surface area contributed by atoms with Gasteiger partial charge in [-0.2, -0.15) is 50.2 Å². The maximum absolute atomic E-state index is 10.7. The average Bonchev–Trinajstić information content (AvgIpc) is 3.22. The van der Waals surface area contributed by atoms with E-state index in [0.717, 1.165) is 61.3 Å². The molecular formula is C41H60ClN9O12S4. The zero-order valence-corrected chi connectivity index (χ0v) is 42.7. The quantitative estimate of drug-likeness (QED) is 0.0653. The van der Waals surface area contributed by atoms with Gasteiger partial charge in [0.25, 0.3) is 30.4 Å². The van der Waals surface area contributed by atoms with E-state index in [0.29, 0.717) is 17.7 Å². The van der Waals surface area contributed by atoms with Crippen LogP contribution in [-0.4, -0.2) is 107 Å². The molecule has 2 aromatic heterocycles. The van der Waals surface area contributed by atoms with Gasteiger partial charge in [-0.25, -0.2) is 4.98 Å². The lowest BCUT2D eigenvalue weighted by Gasteiger charge is -2.06. The van der Waals surface area contributed by atoms with Crippen LogP contribution in [0.3, 0.4) is 0 Å². The Balaban J connectivity index is 0.000000801. The van der Waals surface area contributed by atoms with E-state index in [9.17, 15) is 25.3 Å². The summed E-state index contributed by atoms with van der Waals surface area (Å²) in [7, 11) is -15.2. The van der Waals surface area contributed by atoms with Gasteiger partial charge in [0.2, 0.25) is 23.1 Å². The first-order valence-electron chi connectivity index (χ1n) is 20.4. The molecule has 0 saturated heterocycles. The van der Waals surface area contributed by atoms with E-state index in [-0.39, 0.29) is 27.6 Å². The third-order valence-electron chi connectivity index (χ3n) is 8.24. The van der Waals surface area contributed by atoms with Gasteiger partial charge < -0.3 is 16.0 Å². The standard InChI is InChI=1S/C9H17N5.C9H12O3S.C9H12.C8H10O3S.C6H9ClN4O3S.O3S/c1-4-6-11-9-13-7(3)12-8(14-9)10-5-2;1-3-8-4-5-9(6-7(8)2)13(10,11)12;1-3-9-7-5-4-6-8(9)2;1-2-7-3-5-8(6-4-7)12(9,10)11;1-4-9-5(7)11-6(10-4)8-2-3-15(12,13)14;1-4(2)3/h4-6H2,1-3H3,(H2,10,11,12,13,14);4-6H,3H2,1-2H3,(H,10,11,12);4-7H,3H2,1-2H3;3-6H,2H2,1H3,(H,9,10,11);2-3H2,1H3,(H,12,13,14)(H,8,9,10,11);. The summed E-state index contributed by atoms with van der Waals surface area (Å²) in [4.78, 5) is 23.8. The molecule has 67 heavy (non-hydrogen) atoms. The second kappa shape index (κ2) is 31.6. The summed E-state index contributed by atoms with van der Waals surface area (Å²) in [6, 6.07) is 19.3. The van der Waals surface area contributed by atoms with Crippen LogP contribution in [0, 0.1) is 27.7 Å². The van der Waals surface area contributed by atoms with Crippen LogP contribution in [0.15, 0.2) is 76.5 Å². The molecule has 2 heterocycles. The normalized spacial score (nSPS) is 10.6. The molecule has 0 spiro atoms. The summed E-state index contributed by atoms with van der Waals surface area (Å²) < 4.78 is 115. The number of aromatic nitrogens is 6. The number of aryl methyl sites for hydroxylation is 7. The predicted octanol–water partition coefficient (Wildman–Crippen LogP) is 6.42. The van der Waals surface area contributed by atoms with Gasteiger partial charge in [-0.15, -0.1) is 12.6 Å². The van der Waals surface area contributed by atoms with Crippen LogP contribution in [0.25, 0.3) is 0 Å². The fraction of sp³-hybridized carbons (Fsp3) is 0.415. The highest BCUT2D eigenvalue weighted by molar-refractivity contribution is 7.86. The van der Waals surface area contributed by atoms with Gasteiger partial charge in [0.05, 0.1) is 15.5 Å². The van der Waals surface area contributed by atoms with Crippen molar-refractivity contribution in [3.05, 3.63) is 111 Å². The Hall–Kier alpha value is -5.28. The second-order valence-electron chi connectivity index (χ2n) is 13.5. The maximum Gasteiger partial charge on any atom is 0.425 e. The summed E-state index contributed by atoms with van der Waals surface area (Å²) in [6.45, 7) is 19.4. The van der Waals surface area contributed by atoms with Crippen LogP contribution in [0.5, 0.6) is 0 Å². The highest BCUT2D eigenvalue weighted by Gasteiger charge is 2.10. The molecule has 0 unspecified atom stereocenters. The third-order valence-corrected chi connectivity index (χ3v) is 10.8. The zero-order valence-electron chi connectivity index (χ0n) is 38.7. The molecule has 0 amide bonds. The smallest absolute Gasteiger partial charge is 0.354 e. The molecule has 0 aliphatic heterocycles. The SMILES string of the molecule is CCCNc1nc(C)nc(NCC)n1.CCc1ccc(S(=O)(=O)O)cc1.CCc1ccc(S(=O)(=O)O)cc1C.CCc1ccccc1C.Cc1nc(Cl)nc(NCCS(=O)(=O)O)n1.O=S(=O)=O. The van der Waals surface area contributed by atoms with Gasteiger partial charge in [-0.05, 0) is 124 Å². The molecule has 3 aromatic carbocycles. The van der Waals surface area contributed by atoms with Crippen molar-refractivity contribution in [1.82, 2.24) is 29.9 Å². The van der Waals surface area contributed by atoms with Crippen molar-refractivity contribution in [3.63, 3.8) is 0 Å². The van der Waals surface area contributed by atoms with E-state index in [1.165, 1.54) is 35.4 Å². The minimum Gasteiger partial charge on any atom is -0.354 e. The van der Waals surface area contributed by atoms with Crippen molar-refractivity contribution in [2.24, 2.45) is 0 Å². The lowest BCUT2D eigenvalue weighted by molar-refractivity contribution is 0.481. The number of hydrogen-bond acceptors (Lipinski definition) is 18. The Morgan fingerprint density at radius 3 is 1.43 bits per heavy atom. The first-order chi connectivity index (χ1) is 31.2. The molecule has 0 aliphatic rings. The van der Waals surface area contributed by atoms with Crippen LogP contribution in [0.2, 0.25) is 5.28 Å². The monoisotopic (exact) mass is 1030 g/mol. The molecule has 0 fully saturated rings. The molecule has 372 valence electrons. The number of hydrogen-bond donors (Lipinski definition) is 6. The van der Waals surface area contributed by atoms with E-state index in [4.69, 9.17) is 37.9 Å². The van der Waals surface area contributed by atoms with E-state index < -0.39 is 46.7 Å². The molecule has 6 N–H and O–H groups in total. The maximum atomic E-state index is 10.7. The topological polar surface area (TPSA) is 328 Å². The van der Waals surface area contributed by atoms with Crippen molar-refractivity contribution in [2.45, 2.75) is 97.8 Å². The van der Waals surface area contributed by atoms with Crippen LogP contribution >= 0.6 is 11.6 Å². The third kappa shape index (κ3) is 29.2. The van der Waals surface area contributed by atoms with Crippen molar-refractivity contribution >= 4 is 70.4 Å². The number of halogens is 1. The van der Waals surface area contributed by atoms with E-state index in [1.807, 2.05) is 34.6 Å².